The SMILES string of the molecule is O=C(Nc1cccc(OCC2CCCO2)c1)c1csc(-c2cccs2)n1. The number of aromatic nitrogens is 1. The number of amides is 1. The lowest BCUT2D eigenvalue weighted by atomic mass is 10.2. The highest BCUT2D eigenvalue weighted by molar-refractivity contribution is 7.20. The summed E-state index contributed by atoms with van der Waals surface area (Å²) in [5, 5.41) is 7.52. The molecule has 1 unspecified atom stereocenters. The van der Waals surface area contributed by atoms with E-state index in [0.29, 0.717) is 18.0 Å². The first-order valence-corrected chi connectivity index (χ1v) is 10.2. The molecular formula is C19H18N2O3S2. The van der Waals surface area contributed by atoms with Gasteiger partial charge in [-0.1, -0.05) is 12.1 Å². The maximum absolute atomic E-state index is 12.5. The van der Waals surface area contributed by atoms with Crippen molar-refractivity contribution in [3.63, 3.8) is 0 Å². The highest BCUT2D eigenvalue weighted by Gasteiger charge is 2.16. The van der Waals surface area contributed by atoms with E-state index in [2.05, 4.69) is 10.3 Å². The van der Waals surface area contributed by atoms with E-state index in [0.717, 1.165) is 35.1 Å². The number of thiophene rings is 1. The molecule has 1 N–H and O–H groups in total. The van der Waals surface area contributed by atoms with Crippen molar-refractivity contribution in [2.24, 2.45) is 0 Å². The third-order valence-electron chi connectivity index (χ3n) is 4.02. The van der Waals surface area contributed by atoms with Gasteiger partial charge >= 0.3 is 0 Å². The largest absolute Gasteiger partial charge is 0.491 e. The molecule has 0 saturated carbocycles. The minimum atomic E-state index is -0.222. The van der Waals surface area contributed by atoms with Crippen molar-refractivity contribution >= 4 is 34.3 Å². The molecule has 1 atom stereocenters. The second-order valence-corrected chi connectivity index (χ2v) is 7.75. The summed E-state index contributed by atoms with van der Waals surface area (Å²) in [7, 11) is 0. The zero-order chi connectivity index (χ0) is 17.8. The van der Waals surface area contributed by atoms with E-state index >= 15 is 0 Å². The van der Waals surface area contributed by atoms with Gasteiger partial charge in [0.1, 0.15) is 23.1 Å². The van der Waals surface area contributed by atoms with E-state index in [1.54, 1.807) is 16.7 Å². The zero-order valence-electron chi connectivity index (χ0n) is 14.0. The fraction of sp³-hybridized carbons (Fsp3) is 0.263. The highest BCUT2D eigenvalue weighted by Crippen LogP contribution is 2.28. The van der Waals surface area contributed by atoms with E-state index in [-0.39, 0.29) is 12.0 Å². The minimum absolute atomic E-state index is 0.166. The summed E-state index contributed by atoms with van der Waals surface area (Å²) < 4.78 is 11.3. The molecule has 7 heteroatoms. The van der Waals surface area contributed by atoms with Gasteiger partial charge in [-0.25, -0.2) is 4.98 Å². The third-order valence-corrected chi connectivity index (χ3v) is 5.90. The molecule has 3 heterocycles. The molecule has 1 aromatic carbocycles. The molecule has 1 fully saturated rings. The Morgan fingerprint density at radius 2 is 2.27 bits per heavy atom. The Balaban J connectivity index is 1.38. The van der Waals surface area contributed by atoms with Crippen molar-refractivity contribution in [1.29, 1.82) is 0 Å². The lowest BCUT2D eigenvalue weighted by Crippen LogP contribution is -2.16. The predicted molar refractivity (Wildman–Crippen MR) is 104 cm³/mol. The number of benzene rings is 1. The van der Waals surface area contributed by atoms with Crippen molar-refractivity contribution < 1.29 is 14.3 Å². The molecular weight excluding hydrogens is 368 g/mol. The number of hydrogen-bond donors (Lipinski definition) is 1. The number of anilines is 1. The lowest BCUT2D eigenvalue weighted by molar-refractivity contribution is 0.0680. The summed E-state index contributed by atoms with van der Waals surface area (Å²) in [4.78, 5) is 17.9. The van der Waals surface area contributed by atoms with Crippen molar-refractivity contribution in [3.8, 4) is 15.6 Å². The average molecular weight is 386 g/mol. The van der Waals surface area contributed by atoms with Crippen LogP contribution in [0.1, 0.15) is 23.3 Å². The van der Waals surface area contributed by atoms with Crippen LogP contribution in [0.3, 0.4) is 0 Å². The number of thiazole rings is 1. The Morgan fingerprint density at radius 1 is 1.31 bits per heavy atom. The van der Waals surface area contributed by atoms with E-state index in [1.807, 2.05) is 41.8 Å². The number of carbonyl (C=O) groups excluding carboxylic acids is 1. The molecule has 1 aliphatic heterocycles. The Labute approximate surface area is 159 Å². The maximum Gasteiger partial charge on any atom is 0.275 e. The van der Waals surface area contributed by atoms with E-state index in [9.17, 15) is 4.79 Å². The van der Waals surface area contributed by atoms with Crippen LogP contribution in [0.2, 0.25) is 0 Å². The summed E-state index contributed by atoms with van der Waals surface area (Å²) in [5.74, 6) is 0.496. The Morgan fingerprint density at radius 3 is 3.08 bits per heavy atom. The molecule has 0 spiro atoms. The van der Waals surface area contributed by atoms with Crippen LogP contribution in [0.25, 0.3) is 9.88 Å². The van der Waals surface area contributed by atoms with Crippen molar-refractivity contribution in [2.45, 2.75) is 18.9 Å². The third kappa shape index (κ3) is 4.12. The van der Waals surface area contributed by atoms with Gasteiger partial charge in [-0.3, -0.25) is 4.79 Å². The van der Waals surface area contributed by atoms with E-state index in [1.165, 1.54) is 11.3 Å². The summed E-state index contributed by atoms with van der Waals surface area (Å²) >= 11 is 3.08. The van der Waals surface area contributed by atoms with Crippen molar-refractivity contribution in [2.75, 3.05) is 18.5 Å². The number of ether oxygens (including phenoxy) is 2. The molecule has 0 bridgehead atoms. The molecule has 2 aromatic heterocycles. The average Bonchev–Trinajstić information content (AvgIpc) is 3.42. The summed E-state index contributed by atoms with van der Waals surface area (Å²) in [5.41, 5.74) is 1.11. The van der Waals surface area contributed by atoms with Crippen molar-refractivity contribution in [3.05, 3.63) is 52.9 Å². The Bertz CT molecular complexity index is 871. The molecule has 26 heavy (non-hydrogen) atoms. The molecule has 0 radical (unpaired) electrons. The second-order valence-electron chi connectivity index (χ2n) is 5.94. The van der Waals surface area contributed by atoms with Crippen LogP contribution in [0, 0.1) is 0 Å². The zero-order valence-corrected chi connectivity index (χ0v) is 15.6. The minimum Gasteiger partial charge on any atom is -0.491 e. The van der Waals surface area contributed by atoms with E-state index < -0.39 is 0 Å². The van der Waals surface area contributed by atoms with Crippen molar-refractivity contribution in [1.82, 2.24) is 4.98 Å². The molecule has 3 aromatic rings. The number of carbonyl (C=O) groups is 1. The van der Waals surface area contributed by atoms with Crippen LogP contribution in [0.15, 0.2) is 47.2 Å². The number of nitrogens with one attached hydrogen (secondary N) is 1. The normalized spacial score (nSPS) is 16.5. The van der Waals surface area contributed by atoms with Crippen LogP contribution in [-0.4, -0.2) is 30.2 Å². The first-order chi connectivity index (χ1) is 12.8. The predicted octanol–water partition coefficient (Wildman–Crippen LogP) is 4.68. The first kappa shape index (κ1) is 17.2. The molecule has 0 aliphatic carbocycles. The van der Waals surface area contributed by atoms with Gasteiger partial charge in [0.15, 0.2) is 0 Å². The fourth-order valence-electron chi connectivity index (χ4n) is 2.72. The van der Waals surface area contributed by atoms with Gasteiger partial charge in [-0.05, 0) is 36.4 Å². The molecule has 1 aliphatic rings. The van der Waals surface area contributed by atoms with Gasteiger partial charge in [0.2, 0.25) is 0 Å². The van der Waals surface area contributed by atoms with Gasteiger partial charge in [-0.2, -0.15) is 0 Å². The first-order valence-electron chi connectivity index (χ1n) is 8.43. The topological polar surface area (TPSA) is 60.5 Å². The number of rotatable bonds is 6. The van der Waals surface area contributed by atoms with Crippen LogP contribution < -0.4 is 10.1 Å². The van der Waals surface area contributed by atoms with Gasteiger partial charge in [-0.15, -0.1) is 22.7 Å². The Kier molecular flexibility index (Phi) is 5.29. The highest BCUT2D eigenvalue weighted by atomic mass is 32.1. The quantitative estimate of drug-likeness (QED) is 0.668. The Hall–Kier alpha value is -2.22. The number of hydrogen-bond acceptors (Lipinski definition) is 6. The second kappa shape index (κ2) is 7.99. The molecule has 5 nitrogen and oxygen atoms in total. The molecule has 1 amide bonds. The molecule has 134 valence electrons. The van der Waals surface area contributed by atoms with Gasteiger partial charge in [0.25, 0.3) is 5.91 Å². The molecule has 1 saturated heterocycles. The van der Waals surface area contributed by atoms with Crippen LogP contribution in [-0.2, 0) is 4.74 Å². The molecule has 4 rings (SSSR count). The monoisotopic (exact) mass is 386 g/mol. The fourth-order valence-corrected chi connectivity index (χ4v) is 4.33. The van der Waals surface area contributed by atoms with Gasteiger partial charge < -0.3 is 14.8 Å². The van der Waals surface area contributed by atoms with E-state index in [4.69, 9.17) is 9.47 Å². The van der Waals surface area contributed by atoms with Crippen LogP contribution in [0.4, 0.5) is 5.69 Å². The van der Waals surface area contributed by atoms with Crippen LogP contribution in [0.5, 0.6) is 5.75 Å². The summed E-state index contributed by atoms with van der Waals surface area (Å²) in [6.07, 6.45) is 2.29. The summed E-state index contributed by atoms with van der Waals surface area (Å²) in [6, 6.07) is 11.4. The maximum atomic E-state index is 12.5. The number of nitrogens with zero attached hydrogens (tertiary/aromatic N) is 1. The van der Waals surface area contributed by atoms with Crippen LogP contribution >= 0.6 is 22.7 Å². The van der Waals surface area contributed by atoms with Gasteiger partial charge in [0, 0.05) is 23.7 Å². The lowest BCUT2D eigenvalue weighted by Gasteiger charge is -2.12. The van der Waals surface area contributed by atoms with Gasteiger partial charge in [0.05, 0.1) is 11.0 Å². The summed E-state index contributed by atoms with van der Waals surface area (Å²) in [6.45, 7) is 1.35. The standard InChI is InChI=1S/C19H18N2O3S2/c22-18(16-12-26-19(21-16)17-7-3-9-25-17)20-13-4-1-5-14(10-13)24-11-15-6-2-8-23-15/h1,3-5,7,9-10,12,15H,2,6,8,11H2,(H,20,22). The smallest absolute Gasteiger partial charge is 0.275 e.